The van der Waals surface area contributed by atoms with Crippen LogP contribution in [0.3, 0.4) is 0 Å². The molecule has 3 aromatic carbocycles. The summed E-state index contributed by atoms with van der Waals surface area (Å²) in [6.07, 6.45) is 0. The predicted molar refractivity (Wildman–Crippen MR) is 118 cm³/mol. The Morgan fingerprint density at radius 3 is 2.52 bits per heavy atom. The van der Waals surface area contributed by atoms with Crippen molar-refractivity contribution in [2.45, 2.75) is 4.90 Å². The number of nitrogens with one attached hydrogen (secondary N) is 2. The molecular formula is C23H18ClFN2OS. The number of carbonyl (C=O) groups is 1. The topological polar surface area (TPSA) is 44.9 Å². The van der Waals surface area contributed by atoms with E-state index in [1.807, 2.05) is 42.5 Å². The van der Waals surface area contributed by atoms with Gasteiger partial charge in [-0.15, -0.1) is 11.8 Å². The van der Waals surface area contributed by atoms with E-state index in [2.05, 4.69) is 16.4 Å². The molecule has 29 heavy (non-hydrogen) atoms. The number of aromatic amines is 1. The van der Waals surface area contributed by atoms with Crippen molar-refractivity contribution in [3.8, 4) is 11.3 Å². The third-order valence-corrected chi connectivity index (χ3v) is 5.92. The maximum Gasteiger partial charge on any atom is 0.254 e. The van der Waals surface area contributed by atoms with E-state index < -0.39 is 11.7 Å². The van der Waals surface area contributed by atoms with Crippen molar-refractivity contribution in [3.05, 3.63) is 89.2 Å². The van der Waals surface area contributed by atoms with Gasteiger partial charge in [-0.1, -0.05) is 54.1 Å². The van der Waals surface area contributed by atoms with Crippen LogP contribution < -0.4 is 5.32 Å². The molecule has 0 aliphatic rings. The first-order chi connectivity index (χ1) is 14.1. The average molecular weight is 425 g/mol. The predicted octanol–water partition coefficient (Wildman–Crippen LogP) is 6.15. The molecule has 0 saturated heterocycles. The Labute approximate surface area is 177 Å². The molecule has 3 nitrogen and oxygen atoms in total. The molecule has 1 aromatic heterocycles. The molecule has 1 heterocycles. The number of H-pyrrole nitrogens is 1. The lowest BCUT2D eigenvalue weighted by Gasteiger charge is -2.08. The van der Waals surface area contributed by atoms with E-state index in [-0.39, 0.29) is 5.56 Å². The number of thioether (sulfide) groups is 1. The van der Waals surface area contributed by atoms with Crippen LogP contribution in [0, 0.1) is 5.82 Å². The van der Waals surface area contributed by atoms with E-state index in [1.165, 1.54) is 12.1 Å². The van der Waals surface area contributed by atoms with E-state index >= 15 is 0 Å². The third-order valence-electron chi connectivity index (χ3n) is 4.54. The number of aromatic nitrogens is 1. The standard InChI is InChI=1S/C23H18ClFN2OS/c24-16-11-9-15(10-12-16)21-22(18-6-2-4-8-20(18)27-21)29-14-13-26-23(28)17-5-1-3-7-19(17)25/h1-12,27H,13-14H2,(H,26,28). The fourth-order valence-electron chi connectivity index (χ4n) is 3.14. The van der Waals surface area contributed by atoms with E-state index in [9.17, 15) is 9.18 Å². The van der Waals surface area contributed by atoms with Crippen LogP contribution in [0.2, 0.25) is 5.02 Å². The van der Waals surface area contributed by atoms with Crippen LogP contribution in [0.25, 0.3) is 22.2 Å². The number of carbonyl (C=O) groups excluding carboxylic acids is 1. The molecule has 0 saturated carbocycles. The van der Waals surface area contributed by atoms with Gasteiger partial charge in [-0.3, -0.25) is 4.79 Å². The van der Waals surface area contributed by atoms with Crippen LogP contribution in [-0.4, -0.2) is 23.2 Å². The lowest BCUT2D eigenvalue weighted by Crippen LogP contribution is -2.26. The summed E-state index contributed by atoms with van der Waals surface area (Å²) in [5.41, 5.74) is 3.18. The lowest BCUT2D eigenvalue weighted by atomic mass is 10.1. The minimum atomic E-state index is -0.515. The van der Waals surface area contributed by atoms with Crippen LogP contribution >= 0.6 is 23.4 Å². The Hall–Kier alpha value is -2.76. The fourth-order valence-corrected chi connectivity index (χ4v) is 4.33. The zero-order valence-corrected chi connectivity index (χ0v) is 17.0. The van der Waals surface area contributed by atoms with E-state index in [0.29, 0.717) is 17.3 Å². The first-order valence-corrected chi connectivity index (χ1v) is 10.5. The SMILES string of the molecule is O=C(NCCSc1c(-c2ccc(Cl)cc2)[nH]c2ccccc12)c1ccccc1F. The van der Waals surface area contributed by atoms with Gasteiger partial charge in [0.15, 0.2) is 0 Å². The van der Waals surface area contributed by atoms with E-state index in [1.54, 1.807) is 23.9 Å². The number of halogens is 2. The minimum absolute atomic E-state index is 0.0615. The highest BCUT2D eigenvalue weighted by molar-refractivity contribution is 7.99. The van der Waals surface area contributed by atoms with Crippen molar-refractivity contribution in [1.82, 2.24) is 10.3 Å². The Morgan fingerprint density at radius 1 is 1.00 bits per heavy atom. The highest BCUT2D eigenvalue weighted by Crippen LogP contribution is 2.37. The third kappa shape index (κ3) is 4.31. The molecule has 4 aromatic rings. The maximum atomic E-state index is 13.7. The fraction of sp³-hybridized carbons (Fsp3) is 0.0870. The zero-order valence-electron chi connectivity index (χ0n) is 15.4. The van der Waals surface area contributed by atoms with Crippen molar-refractivity contribution in [2.75, 3.05) is 12.3 Å². The summed E-state index contributed by atoms with van der Waals surface area (Å²) in [6, 6.07) is 21.8. The normalized spacial score (nSPS) is 11.0. The Kier molecular flexibility index (Phi) is 5.88. The summed E-state index contributed by atoms with van der Waals surface area (Å²) >= 11 is 7.68. The lowest BCUT2D eigenvalue weighted by molar-refractivity contribution is 0.0952. The molecule has 146 valence electrons. The number of amides is 1. The Morgan fingerprint density at radius 2 is 1.72 bits per heavy atom. The average Bonchev–Trinajstić information content (AvgIpc) is 3.10. The number of para-hydroxylation sites is 1. The van der Waals surface area contributed by atoms with Gasteiger partial charge in [-0.25, -0.2) is 4.39 Å². The van der Waals surface area contributed by atoms with Gasteiger partial charge < -0.3 is 10.3 Å². The summed E-state index contributed by atoms with van der Waals surface area (Å²) < 4.78 is 13.7. The molecule has 0 bridgehead atoms. The molecule has 0 atom stereocenters. The number of fused-ring (bicyclic) bond motifs is 1. The number of rotatable bonds is 6. The van der Waals surface area contributed by atoms with E-state index in [4.69, 9.17) is 11.6 Å². The van der Waals surface area contributed by atoms with Crippen LogP contribution in [0.1, 0.15) is 10.4 Å². The molecule has 6 heteroatoms. The summed E-state index contributed by atoms with van der Waals surface area (Å²) in [5, 5.41) is 4.61. The largest absolute Gasteiger partial charge is 0.354 e. The first-order valence-electron chi connectivity index (χ1n) is 9.15. The second-order valence-electron chi connectivity index (χ2n) is 6.47. The number of hydrogen-bond donors (Lipinski definition) is 2. The number of benzene rings is 3. The quantitative estimate of drug-likeness (QED) is 0.288. The van der Waals surface area contributed by atoms with Gasteiger partial charge in [-0.05, 0) is 35.9 Å². The van der Waals surface area contributed by atoms with Gasteiger partial charge in [0, 0.05) is 33.1 Å². The van der Waals surface area contributed by atoms with Crippen LogP contribution in [0.5, 0.6) is 0 Å². The molecule has 0 spiro atoms. The van der Waals surface area contributed by atoms with Gasteiger partial charge in [0.2, 0.25) is 0 Å². The molecular weight excluding hydrogens is 407 g/mol. The van der Waals surface area contributed by atoms with Gasteiger partial charge in [0.25, 0.3) is 5.91 Å². The maximum absolute atomic E-state index is 13.7. The molecule has 0 unspecified atom stereocenters. The summed E-state index contributed by atoms with van der Waals surface area (Å²) in [6.45, 7) is 0.428. The van der Waals surface area contributed by atoms with Gasteiger partial charge in [-0.2, -0.15) is 0 Å². The smallest absolute Gasteiger partial charge is 0.254 e. The van der Waals surface area contributed by atoms with Crippen LogP contribution in [0.4, 0.5) is 4.39 Å². The van der Waals surface area contributed by atoms with Gasteiger partial charge in [0.05, 0.1) is 11.3 Å². The minimum Gasteiger partial charge on any atom is -0.354 e. The van der Waals surface area contributed by atoms with Crippen molar-refractivity contribution in [2.24, 2.45) is 0 Å². The van der Waals surface area contributed by atoms with Gasteiger partial charge in [0.1, 0.15) is 5.82 Å². The second-order valence-corrected chi connectivity index (χ2v) is 8.01. The summed E-state index contributed by atoms with van der Waals surface area (Å²) in [7, 11) is 0. The summed E-state index contributed by atoms with van der Waals surface area (Å²) in [4.78, 5) is 16.8. The van der Waals surface area contributed by atoms with Crippen molar-refractivity contribution in [1.29, 1.82) is 0 Å². The van der Waals surface area contributed by atoms with Crippen molar-refractivity contribution in [3.63, 3.8) is 0 Å². The van der Waals surface area contributed by atoms with Gasteiger partial charge >= 0.3 is 0 Å². The van der Waals surface area contributed by atoms with Crippen LogP contribution in [-0.2, 0) is 0 Å². The number of hydrogen-bond acceptors (Lipinski definition) is 2. The molecule has 0 aliphatic carbocycles. The van der Waals surface area contributed by atoms with Crippen LogP contribution in [0.15, 0.2) is 77.7 Å². The molecule has 0 aliphatic heterocycles. The summed E-state index contributed by atoms with van der Waals surface area (Å²) in [5.74, 6) is -0.261. The molecule has 2 N–H and O–H groups in total. The Bertz CT molecular complexity index is 1160. The second kappa shape index (κ2) is 8.72. The van der Waals surface area contributed by atoms with E-state index in [0.717, 1.165) is 27.1 Å². The molecule has 1 amide bonds. The monoisotopic (exact) mass is 424 g/mol. The first kappa shape index (κ1) is 19.6. The van der Waals surface area contributed by atoms with Crippen molar-refractivity contribution >= 4 is 40.2 Å². The highest BCUT2D eigenvalue weighted by atomic mass is 35.5. The highest BCUT2D eigenvalue weighted by Gasteiger charge is 2.14. The zero-order chi connectivity index (χ0) is 20.2. The van der Waals surface area contributed by atoms with Crippen molar-refractivity contribution < 1.29 is 9.18 Å². The Balaban J connectivity index is 1.50. The molecule has 0 radical (unpaired) electrons. The molecule has 0 fully saturated rings. The molecule has 4 rings (SSSR count).